The van der Waals surface area contributed by atoms with Gasteiger partial charge in [-0.2, -0.15) is 4.31 Å². The van der Waals surface area contributed by atoms with Gasteiger partial charge in [0.05, 0.1) is 5.75 Å². The second-order valence-electron chi connectivity index (χ2n) is 4.37. The fourth-order valence-electron chi connectivity index (χ4n) is 1.91. The van der Waals surface area contributed by atoms with Gasteiger partial charge in [-0.05, 0) is 18.4 Å². The molecular weight excluding hydrogens is 236 g/mol. The zero-order chi connectivity index (χ0) is 12.3. The van der Waals surface area contributed by atoms with Crippen LogP contribution in [0.15, 0.2) is 30.3 Å². The molecule has 0 unspecified atom stereocenters. The van der Waals surface area contributed by atoms with E-state index in [0.29, 0.717) is 13.1 Å². The van der Waals surface area contributed by atoms with Crippen molar-refractivity contribution in [3.05, 3.63) is 35.9 Å². The van der Waals surface area contributed by atoms with Crippen molar-refractivity contribution in [3.63, 3.8) is 0 Å². The molecule has 17 heavy (non-hydrogen) atoms. The maximum atomic E-state index is 12.2. The van der Waals surface area contributed by atoms with E-state index in [1.165, 1.54) is 0 Å². The van der Waals surface area contributed by atoms with E-state index in [9.17, 15) is 8.42 Å². The Labute approximate surface area is 102 Å². The van der Waals surface area contributed by atoms with E-state index < -0.39 is 10.0 Å². The van der Waals surface area contributed by atoms with Crippen molar-refractivity contribution in [1.29, 1.82) is 0 Å². The third kappa shape index (κ3) is 3.28. The highest BCUT2D eigenvalue weighted by atomic mass is 32.2. The highest BCUT2D eigenvalue weighted by molar-refractivity contribution is 7.88. The van der Waals surface area contributed by atoms with Gasteiger partial charge in [0.1, 0.15) is 0 Å². The smallest absolute Gasteiger partial charge is 0.218 e. The van der Waals surface area contributed by atoms with Gasteiger partial charge in [-0.3, -0.25) is 0 Å². The quantitative estimate of drug-likeness (QED) is 0.821. The Kier molecular flexibility index (Phi) is 3.81. The summed E-state index contributed by atoms with van der Waals surface area (Å²) < 4.78 is 26.1. The fourth-order valence-corrected chi connectivity index (χ4v) is 3.73. The molecular formula is C12H18N2O2S. The summed E-state index contributed by atoms with van der Waals surface area (Å²) in [5.74, 6) is 0.0737. The largest absolute Gasteiger partial charge is 0.329 e. The van der Waals surface area contributed by atoms with Gasteiger partial charge in [-0.15, -0.1) is 0 Å². The summed E-state index contributed by atoms with van der Waals surface area (Å²) in [5, 5.41) is 0. The molecule has 5 heteroatoms. The van der Waals surface area contributed by atoms with Crippen LogP contribution in [0.25, 0.3) is 0 Å². The van der Waals surface area contributed by atoms with E-state index in [0.717, 1.165) is 18.4 Å². The zero-order valence-corrected chi connectivity index (χ0v) is 10.6. The van der Waals surface area contributed by atoms with Gasteiger partial charge in [-0.25, -0.2) is 8.42 Å². The first kappa shape index (κ1) is 12.5. The normalized spacial score (nSPS) is 16.4. The van der Waals surface area contributed by atoms with Crippen molar-refractivity contribution < 1.29 is 8.42 Å². The Balaban J connectivity index is 2.11. The van der Waals surface area contributed by atoms with Crippen molar-refractivity contribution in [3.8, 4) is 0 Å². The second-order valence-corrected chi connectivity index (χ2v) is 6.29. The van der Waals surface area contributed by atoms with Crippen molar-refractivity contribution >= 4 is 10.0 Å². The second kappa shape index (κ2) is 5.16. The molecule has 0 atom stereocenters. The van der Waals surface area contributed by atoms with Crippen LogP contribution in [0, 0.1) is 0 Å². The van der Waals surface area contributed by atoms with Crippen LogP contribution in [0.4, 0.5) is 0 Å². The van der Waals surface area contributed by atoms with Crippen LogP contribution in [0.2, 0.25) is 0 Å². The standard InChI is InChI=1S/C12H18N2O2S/c13-8-9-14(12-6-7-12)17(15,16)10-11-4-2-1-3-5-11/h1-5,12H,6-10,13H2. The average molecular weight is 254 g/mol. The van der Waals surface area contributed by atoms with Crippen LogP contribution in [0.3, 0.4) is 0 Å². The molecule has 0 radical (unpaired) electrons. The molecule has 0 aliphatic heterocycles. The predicted molar refractivity (Wildman–Crippen MR) is 67.8 cm³/mol. The van der Waals surface area contributed by atoms with Crippen LogP contribution < -0.4 is 5.73 Å². The van der Waals surface area contributed by atoms with Crippen LogP contribution >= 0.6 is 0 Å². The van der Waals surface area contributed by atoms with Crippen LogP contribution in [0.5, 0.6) is 0 Å². The summed E-state index contributed by atoms with van der Waals surface area (Å²) in [6, 6.07) is 9.46. The molecule has 1 fully saturated rings. The third-order valence-electron chi connectivity index (χ3n) is 2.85. The molecule has 1 aliphatic rings. The number of benzene rings is 1. The molecule has 0 heterocycles. The number of rotatable bonds is 6. The van der Waals surface area contributed by atoms with Crippen molar-refractivity contribution in [1.82, 2.24) is 4.31 Å². The van der Waals surface area contributed by atoms with Gasteiger partial charge in [0.2, 0.25) is 10.0 Å². The minimum absolute atomic E-state index is 0.0737. The van der Waals surface area contributed by atoms with E-state index >= 15 is 0 Å². The van der Waals surface area contributed by atoms with Crippen LogP contribution in [-0.4, -0.2) is 31.9 Å². The lowest BCUT2D eigenvalue weighted by Crippen LogP contribution is -2.37. The Morgan fingerprint density at radius 3 is 2.41 bits per heavy atom. The predicted octanol–water partition coefficient (Wildman–Crippen LogP) is 0.939. The van der Waals surface area contributed by atoms with E-state index in [2.05, 4.69) is 0 Å². The topological polar surface area (TPSA) is 63.4 Å². The number of sulfonamides is 1. The first-order valence-electron chi connectivity index (χ1n) is 5.87. The van der Waals surface area contributed by atoms with Crippen molar-refractivity contribution in [2.75, 3.05) is 13.1 Å². The zero-order valence-electron chi connectivity index (χ0n) is 9.75. The fraction of sp³-hybridized carbons (Fsp3) is 0.500. The monoisotopic (exact) mass is 254 g/mol. The van der Waals surface area contributed by atoms with E-state index in [1.807, 2.05) is 30.3 Å². The minimum atomic E-state index is -3.22. The Bertz CT molecular complexity index is 455. The first-order chi connectivity index (χ1) is 8.13. The van der Waals surface area contributed by atoms with E-state index in [1.54, 1.807) is 4.31 Å². The molecule has 0 saturated heterocycles. The summed E-state index contributed by atoms with van der Waals surface area (Å²) in [6.07, 6.45) is 1.93. The summed E-state index contributed by atoms with van der Waals surface area (Å²) in [5.41, 5.74) is 6.31. The third-order valence-corrected chi connectivity index (χ3v) is 4.75. The molecule has 4 nitrogen and oxygen atoms in total. The Hall–Kier alpha value is -0.910. The van der Waals surface area contributed by atoms with Gasteiger partial charge in [0.15, 0.2) is 0 Å². The van der Waals surface area contributed by atoms with Crippen molar-refractivity contribution in [2.45, 2.75) is 24.6 Å². The molecule has 0 amide bonds. The molecule has 1 aliphatic carbocycles. The molecule has 1 aromatic rings. The lowest BCUT2D eigenvalue weighted by molar-refractivity contribution is 0.411. The molecule has 2 rings (SSSR count). The van der Waals surface area contributed by atoms with Crippen LogP contribution in [0.1, 0.15) is 18.4 Å². The summed E-state index contributed by atoms with van der Waals surface area (Å²) >= 11 is 0. The van der Waals surface area contributed by atoms with Gasteiger partial charge in [0, 0.05) is 19.1 Å². The van der Waals surface area contributed by atoms with Gasteiger partial charge < -0.3 is 5.73 Å². The van der Waals surface area contributed by atoms with Crippen LogP contribution in [-0.2, 0) is 15.8 Å². The number of nitrogens with two attached hydrogens (primary N) is 1. The number of hydrogen-bond donors (Lipinski definition) is 1. The minimum Gasteiger partial charge on any atom is -0.329 e. The molecule has 1 saturated carbocycles. The van der Waals surface area contributed by atoms with E-state index in [-0.39, 0.29) is 11.8 Å². The SMILES string of the molecule is NCCN(C1CC1)S(=O)(=O)Cc1ccccc1. The van der Waals surface area contributed by atoms with E-state index in [4.69, 9.17) is 5.73 Å². The first-order valence-corrected chi connectivity index (χ1v) is 7.48. The maximum absolute atomic E-state index is 12.2. The molecule has 1 aromatic carbocycles. The number of nitrogens with zero attached hydrogens (tertiary/aromatic N) is 1. The summed E-state index contributed by atoms with van der Waals surface area (Å²) in [4.78, 5) is 0. The molecule has 0 spiro atoms. The van der Waals surface area contributed by atoms with Gasteiger partial charge in [0.25, 0.3) is 0 Å². The highest BCUT2D eigenvalue weighted by Gasteiger charge is 2.36. The Morgan fingerprint density at radius 2 is 1.88 bits per heavy atom. The lowest BCUT2D eigenvalue weighted by Gasteiger charge is -2.21. The van der Waals surface area contributed by atoms with Gasteiger partial charge >= 0.3 is 0 Å². The maximum Gasteiger partial charge on any atom is 0.218 e. The average Bonchev–Trinajstić information content (AvgIpc) is 3.10. The number of hydrogen-bond acceptors (Lipinski definition) is 3. The lowest BCUT2D eigenvalue weighted by atomic mass is 10.2. The van der Waals surface area contributed by atoms with Gasteiger partial charge in [-0.1, -0.05) is 30.3 Å². The molecule has 2 N–H and O–H groups in total. The molecule has 94 valence electrons. The summed E-state index contributed by atoms with van der Waals surface area (Å²) in [7, 11) is -3.22. The Morgan fingerprint density at radius 1 is 1.24 bits per heavy atom. The molecule has 0 aromatic heterocycles. The van der Waals surface area contributed by atoms with Crippen molar-refractivity contribution in [2.24, 2.45) is 5.73 Å². The highest BCUT2D eigenvalue weighted by Crippen LogP contribution is 2.29. The molecule has 0 bridgehead atoms. The summed E-state index contributed by atoms with van der Waals surface area (Å²) in [6.45, 7) is 0.810.